The van der Waals surface area contributed by atoms with Crippen LogP contribution in [0.5, 0.6) is 0 Å². The van der Waals surface area contributed by atoms with E-state index in [0.29, 0.717) is 5.41 Å². The molecule has 1 aromatic carbocycles. The first-order valence-corrected chi connectivity index (χ1v) is 8.72. The van der Waals surface area contributed by atoms with Gasteiger partial charge in [0.05, 0.1) is 0 Å². The largest absolute Gasteiger partial charge is 0.331 e. The third-order valence-electron chi connectivity index (χ3n) is 5.53. The highest BCUT2D eigenvalue weighted by Crippen LogP contribution is 2.40. The SMILES string of the molecule is Cc1ccc(CN2CCC3(CC2)CCN(C(=O)N(C)C)C3)cc1. The van der Waals surface area contributed by atoms with Crippen molar-refractivity contribution in [2.75, 3.05) is 40.3 Å². The minimum absolute atomic E-state index is 0.170. The van der Waals surface area contributed by atoms with Crippen LogP contribution in [0.3, 0.4) is 0 Å². The van der Waals surface area contributed by atoms with Gasteiger partial charge in [-0.1, -0.05) is 29.8 Å². The fourth-order valence-electron chi connectivity index (χ4n) is 3.93. The number of carbonyl (C=O) groups is 1. The molecule has 2 saturated heterocycles. The van der Waals surface area contributed by atoms with Crippen molar-refractivity contribution in [1.82, 2.24) is 14.7 Å². The first-order chi connectivity index (χ1) is 11.0. The van der Waals surface area contributed by atoms with Crippen molar-refractivity contribution in [2.24, 2.45) is 5.41 Å². The number of amides is 2. The Balaban J connectivity index is 1.52. The summed E-state index contributed by atoms with van der Waals surface area (Å²) in [4.78, 5) is 18.4. The molecule has 4 heteroatoms. The van der Waals surface area contributed by atoms with Gasteiger partial charge in [-0.25, -0.2) is 4.79 Å². The molecule has 0 bridgehead atoms. The zero-order valence-electron chi connectivity index (χ0n) is 14.7. The number of hydrogen-bond acceptors (Lipinski definition) is 2. The van der Waals surface area contributed by atoms with E-state index in [9.17, 15) is 4.79 Å². The van der Waals surface area contributed by atoms with Crippen LogP contribution < -0.4 is 0 Å². The smallest absolute Gasteiger partial charge is 0.319 e. The number of hydrogen-bond donors (Lipinski definition) is 0. The van der Waals surface area contributed by atoms with Gasteiger partial charge in [-0.15, -0.1) is 0 Å². The molecule has 0 radical (unpaired) electrons. The molecule has 0 aliphatic carbocycles. The number of benzene rings is 1. The normalized spacial score (nSPS) is 20.9. The number of carbonyl (C=O) groups excluding carboxylic acids is 1. The Morgan fingerprint density at radius 2 is 1.70 bits per heavy atom. The maximum Gasteiger partial charge on any atom is 0.319 e. The Labute approximate surface area is 140 Å². The third kappa shape index (κ3) is 3.69. The molecule has 2 fully saturated rings. The fraction of sp³-hybridized carbons (Fsp3) is 0.632. The van der Waals surface area contributed by atoms with Crippen molar-refractivity contribution in [3.8, 4) is 0 Å². The zero-order valence-corrected chi connectivity index (χ0v) is 14.7. The summed E-state index contributed by atoms with van der Waals surface area (Å²) in [7, 11) is 3.69. The standard InChI is InChI=1S/C19H29N3O/c1-16-4-6-17(7-5-16)14-21-11-8-19(9-12-21)10-13-22(15-19)18(23)20(2)3/h4-7H,8-15H2,1-3H3. The van der Waals surface area contributed by atoms with Crippen molar-refractivity contribution in [3.05, 3.63) is 35.4 Å². The summed E-state index contributed by atoms with van der Waals surface area (Å²) in [6.07, 6.45) is 3.61. The second kappa shape index (κ2) is 6.52. The van der Waals surface area contributed by atoms with Crippen molar-refractivity contribution in [3.63, 3.8) is 0 Å². The molecule has 4 nitrogen and oxygen atoms in total. The van der Waals surface area contributed by atoms with Crippen LogP contribution in [0.1, 0.15) is 30.4 Å². The summed E-state index contributed by atoms with van der Waals surface area (Å²) in [5.41, 5.74) is 3.10. The Morgan fingerprint density at radius 3 is 2.30 bits per heavy atom. The van der Waals surface area contributed by atoms with Crippen LogP contribution in [0.25, 0.3) is 0 Å². The highest BCUT2D eigenvalue weighted by molar-refractivity contribution is 5.74. The molecule has 2 aliphatic heterocycles. The quantitative estimate of drug-likeness (QED) is 0.839. The van der Waals surface area contributed by atoms with Crippen LogP contribution in [-0.2, 0) is 6.54 Å². The van der Waals surface area contributed by atoms with E-state index in [2.05, 4.69) is 36.1 Å². The minimum atomic E-state index is 0.170. The summed E-state index contributed by atoms with van der Waals surface area (Å²) < 4.78 is 0. The van der Waals surface area contributed by atoms with Crippen LogP contribution >= 0.6 is 0 Å². The van der Waals surface area contributed by atoms with Gasteiger partial charge >= 0.3 is 6.03 Å². The summed E-state index contributed by atoms with van der Waals surface area (Å²) in [6, 6.07) is 9.05. The van der Waals surface area contributed by atoms with E-state index in [1.807, 2.05) is 19.0 Å². The predicted molar refractivity (Wildman–Crippen MR) is 93.4 cm³/mol. The summed E-state index contributed by atoms with van der Waals surface area (Å²) in [5, 5.41) is 0. The lowest BCUT2D eigenvalue weighted by atomic mass is 9.77. The van der Waals surface area contributed by atoms with E-state index in [0.717, 1.165) is 32.7 Å². The van der Waals surface area contributed by atoms with Gasteiger partial charge in [0.15, 0.2) is 0 Å². The number of urea groups is 1. The Kier molecular flexibility index (Phi) is 4.62. The Morgan fingerprint density at radius 1 is 1.09 bits per heavy atom. The number of aryl methyl sites for hydroxylation is 1. The summed E-state index contributed by atoms with van der Waals surface area (Å²) in [5.74, 6) is 0. The predicted octanol–water partition coefficient (Wildman–Crippen LogP) is 2.96. The topological polar surface area (TPSA) is 26.8 Å². The van der Waals surface area contributed by atoms with Crippen LogP contribution in [0.2, 0.25) is 0 Å². The average Bonchev–Trinajstić information content (AvgIpc) is 2.95. The van der Waals surface area contributed by atoms with E-state index >= 15 is 0 Å². The summed E-state index contributed by atoms with van der Waals surface area (Å²) in [6.45, 7) is 7.36. The lowest BCUT2D eigenvalue weighted by molar-refractivity contribution is 0.103. The monoisotopic (exact) mass is 315 g/mol. The highest BCUT2D eigenvalue weighted by atomic mass is 16.2. The van der Waals surface area contributed by atoms with E-state index in [1.165, 1.54) is 30.4 Å². The van der Waals surface area contributed by atoms with Gasteiger partial charge in [0.2, 0.25) is 0 Å². The van der Waals surface area contributed by atoms with Crippen LogP contribution in [-0.4, -0.2) is 61.0 Å². The van der Waals surface area contributed by atoms with Gasteiger partial charge in [0, 0.05) is 33.7 Å². The highest BCUT2D eigenvalue weighted by Gasteiger charge is 2.42. The molecule has 126 valence electrons. The van der Waals surface area contributed by atoms with Crippen molar-refractivity contribution >= 4 is 6.03 Å². The van der Waals surface area contributed by atoms with Crippen molar-refractivity contribution < 1.29 is 4.79 Å². The minimum Gasteiger partial charge on any atom is -0.331 e. The molecule has 2 heterocycles. The number of rotatable bonds is 2. The number of piperidine rings is 1. The second-order valence-electron chi connectivity index (χ2n) is 7.61. The molecule has 0 aromatic heterocycles. The zero-order chi connectivity index (χ0) is 16.4. The summed E-state index contributed by atoms with van der Waals surface area (Å²) >= 11 is 0. The molecule has 1 spiro atoms. The van der Waals surface area contributed by atoms with Crippen LogP contribution in [0.15, 0.2) is 24.3 Å². The van der Waals surface area contributed by atoms with Gasteiger partial charge in [-0.05, 0) is 50.3 Å². The number of nitrogens with zero attached hydrogens (tertiary/aromatic N) is 3. The molecule has 0 atom stereocenters. The molecular weight excluding hydrogens is 286 g/mol. The van der Waals surface area contributed by atoms with Crippen LogP contribution in [0.4, 0.5) is 4.79 Å². The Hall–Kier alpha value is -1.55. The molecular formula is C19H29N3O. The van der Waals surface area contributed by atoms with Gasteiger partial charge in [0.25, 0.3) is 0 Å². The fourth-order valence-corrected chi connectivity index (χ4v) is 3.93. The molecule has 0 unspecified atom stereocenters. The van der Waals surface area contributed by atoms with Gasteiger partial charge < -0.3 is 9.80 Å². The van der Waals surface area contributed by atoms with E-state index in [-0.39, 0.29) is 6.03 Å². The third-order valence-corrected chi connectivity index (χ3v) is 5.53. The van der Waals surface area contributed by atoms with Gasteiger partial charge in [-0.2, -0.15) is 0 Å². The average molecular weight is 315 g/mol. The van der Waals surface area contributed by atoms with Gasteiger partial charge in [-0.3, -0.25) is 4.90 Å². The first kappa shape index (κ1) is 16.3. The van der Waals surface area contributed by atoms with E-state index in [1.54, 1.807) is 4.90 Å². The molecule has 2 aliphatic rings. The Bertz CT molecular complexity index is 544. The molecule has 23 heavy (non-hydrogen) atoms. The maximum atomic E-state index is 12.1. The lowest BCUT2D eigenvalue weighted by Crippen LogP contribution is -2.43. The number of likely N-dealkylation sites (tertiary alicyclic amines) is 2. The molecule has 3 rings (SSSR count). The van der Waals surface area contributed by atoms with Gasteiger partial charge in [0.1, 0.15) is 0 Å². The van der Waals surface area contributed by atoms with E-state index in [4.69, 9.17) is 0 Å². The van der Waals surface area contributed by atoms with Crippen molar-refractivity contribution in [2.45, 2.75) is 32.7 Å². The van der Waals surface area contributed by atoms with E-state index < -0.39 is 0 Å². The maximum absolute atomic E-state index is 12.1. The molecule has 0 saturated carbocycles. The second-order valence-corrected chi connectivity index (χ2v) is 7.61. The first-order valence-electron chi connectivity index (χ1n) is 8.72. The van der Waals surface area contributed by atoms with Crippen LogP contribution in [0, 0.1) is 12.3 Å². The molecule has 0 N–H and O–H groups in total. The lowest BCUT2D eigenvalue weighted by Gasteiger charge is -2.39. The molecule has 2 amide bonds. The van der Waals surface area contributed by atoms with Crippen molar-refractivity contribution in [1.29, 1.82) is 0 Å². The molecule has 1 aromatic rings.